The minimum Gasteiger partial charge on any atom is -0.381 e. The van der Waals surface area contributed by atoms with Gasteiger partial charge in [0.25, 0.3) is 0 Å². The molecule has 3 unspecified atom stereocenters. The standard InChI is InChI=1S/C23H34N6O/c1-16-10-25-28(2)23(16)21-5-6-22(27-26-21)24-11-18-8-19-13-29(14-20(19)9-18)12-17-4-3-7-30-15-17/h5-6,10,17-20H,3-4,7-9,11-15H2,1-2H3,(H,24,27)/t17?,18?,19-,20?/m0/s1. The summed E-state index contributed by atoms with van der Waals surface area (Å²) in [6.45, 7) is 8.81. The molecule has 0 bridgehead atoms. The van der Waals surface area contributed by atoms with E-state index in [-0.39, 0.29) is 0 Å². The van der Waals surface area contributed by atoms with Crippen LogP contribution in [-0.2, 0) is 11.8 Å². The monoisotopic (exact) mass is 410 g/mol. The van der Waals surface area contributed by atoms with Gasteiger partial charge in [-0.3, -0.25) is 4.68 Å². The lowest BCUT2D eigenvalue weighted by atomic mass is 10.0. The SMILES string of the molecule is Cc1cnn(C)c1-c1ccc(NCC2CC3CN(CC4CCCOC4)C[C@@H]3C2)nn1. The van der Waals surface area contributed by atoms with E-state index >= 15 is 0 Å². The summed E-state index contributed by atoms with van der Waals surface area (Å²) in [4.78, 5) is 2.71. The molecule has 1 aliphatic carbocycles. The normalized spacial score (nSPS) is 29.3. The first kappa shape index (κ1) is 19.9. The maximum atomic E-state index is 5.67. The Balaban J connectivity index is 1.09. The van der Waals surface area contributed by atoms with Crippen molar-refractivity contribution in [2.24, 2.45) is 30.7 Å². The van der Waals surface area contributed by atoms with E-state index in [0.717, 1.165) is 66.2 Å². The number of nitrogens with zero attached hydrogens (tertiary/aromatic N) is 5. The third-order valence-electron chi connectivity index (χ3n) is 7.30. The highest BCUT2D eigenvalue weighted by atomic mass is 16.5. The summed E-state index contributed by atoms with van der Waals surface area (Å²) >= 11 is 0. The van der Waals surface area contributed by atoms with Gasteiger partial charge in [0.2, 0.25) is 0 Å². The van der Waals surface area contributed by atoms with Crippen molar-refractivity contribution in [3.63, 3.8) is 0 Å². The molecule has 2 saturated heterocycles. The van der Waals surface area contributed by atoms with Gasteiger partial charge in [-0.2, -0.15) is 5.10 Å². The zero-order chi connectivity index (χ0) is 20.5. The second-order valence-corrected chi connectivity index (χ2v) is 9.64. The maximum absolute atomic E-state index is 5.67. The van der Waals surface area contributed by atoms with Crippen LogP contribution in [0.15, 0.2) is 18.3 Å². The number of ether oxygens (including phenoxy) is 1. The second-order valence-electron chi connectivity index (χ2n) is 9.64. The van der Waals surface area contributed by atoms with Gasteiger partial charge in [-0.15, -0.1) is 10.2 Å². The summed E-state index contributed by atoms with van der Waals surface area (Å²) < 4.78 is 7.52. The Morgan fingerprint density at radius 2 is 1.97 bits per heavy atom. The van der Waals surface area contributed by atoms with Crippen LogP contribution >= 0.6 is 0 Å². The van der Waals surface area contributed by atoms with E-state index in [2.05, 4.69) is 32.4 Å². The van der Waals surface area contributed by atoms with E-state index in [4.69, 9.17) is 4.74 Å². The molecule has 4 atom stereocenters. The van der Waals surface area contributed by atoms with Gasteiger partial charge in [-0.25, -0.2) is 0 Å². The molecule has 0 aromatic carbocycles. The number of aromatic nitrogens is 4. The predicted molar refractivity (Wildman–Crippen MR) is 117 cm³/mol. The molecular weight excluding hydrogens is 376 g/mol. The molecular formula is C23H34N6O. The van der Waals surface area contributed by atoms with E-state index in [1.54, 1.807) is 0 Å². The lowest BCUT2D eigenvalue weighted by molar-refractivity contribution is 0.0406. The Hall–Kier alpha value is -1.99. The van der Waals surface area contributed by atoms with Gasteiger partial charge < -0.3 is 15.0 Å². The molecule has 2 aromatic rings. The Bertz CT molecular complexity index is 810. The van der Waals surface area contributed by atoms with Crippen LogP contribution in [-0.4, -0.2) is 64.3 Å². The molecule has 162 valence electrons. The van der Waals surface area contributed by atoms with Crippen LogP contribution < -0.4 is 5.32 Å². The number of hydrogen-bond donors (Lipinski definition) is 1. The van der Waals surface area contributed by atoms with E-state index < -0.39 is 0 Å². The zero-order valence-electron chi connectivity index (χ0n) is 18.3. The number of aryl methyl sites for hydroxylation is 2. The average molecular weight is 411 g/mol. The van der Waals surface area contributed by atoms with E-state index in [0.29, 0.717) is 0 Å². The zero-order valence-corrected chi connectivity index (χ0v) is 18.3. The quantitative estimate of drug-likeness (QED) is 0.790. The van der Waals surface area contributed by atoms with Crippen molar-refractivity contribution in [3.8, 4) is 11.4 Å². The van der Waals surface area contributed by atoms with E-state index in [1.807, 2.05) is 30.1 Å². The predicted octanol–water partition coefficient (Wildman–Crippen LogP) is 2.98. The third kappa shape index (κ3) is 4.23. The average Bonchev–Trinajstić information content (AvgIpc) is 3.41. The molecule has 3 aliphatic rings. The van der Waals surface area contributed by atoms with Crippen molar-refractivity contribution in [1.29, 1.82) is 0 Å². The van der Waals surface area contributed by atoms with Gasteiger partial charge >= 0.3 is 0 Å². The molecule has 1 saturated carbocycles. The van der Waals surface area contributed by atoms with Crippen LogP contribution in [0.5, 0.6) is 0 Å². The third-order valence-corrected chi connectivity index (χ3v) is 7.30. The minimum absolute atomic E-state index is 0.751. The molecule has 2 aromatic heterocycles. The fraction of sp³-hybridized carbons (Fsp3) is 0.696. The first-order valence-electron chi connectivity index (χ1n) is 11.5. The molecule has 0 amide bonds. The number of fused-ring (bicyclic) bond motifs is 1. The van der Waals surface area contributed by atoms with Crippen molar-refractivity contribution in [2.75, 3.05) is 44.7 Å². The largest absolute Gasteiger partial charge is 0.381 e. The van der Waals surface area contributed by atoms with E-state index in [1.165, 1.54) is 45.3 Å². The van der Waals surface area contributed by atoms with Gasteiger partial charge in [0.05, 0.1) is 18.5 Å². The minimum atomic E-state index is 0.751. The highest BCUT2D eigenvalue weighted by molar-refractivity contribution is 5.59. The van der Waals surface area contributed by atoms with Crippen molar-refractivity contribution >= 4 is 5.82 Å². The second kappa shape index (κ2) is 8.63. The van der Waals surface area contributed by atoms with Crippen LogP contribution in [0.4, 0.5) is 5.82 Å². The highest BCUT2D eigenvalue weighted by Crippen LogP contribution is 2.41. The fourth-order valence-electron chi connectivity index (χ4n) is 5.87. The van der Waals surface area contributed by atoms with Gasteiger partial charge in [-0.1, -0.05) is 0 Å². The molecule has 0 radical (unpaired) electrons. The first-order valence-corrected chi connectivity index (χ1v) is 11.5. The van der Waals surface area contributed by atoms with Gasteiger partial charge in [0, 0.05) is 39.8 Å². The Morgan fingerprint density at radius 1 is 1.13 bits per heavy atom. The molecule has 30 heavy (non-hydrogen) atoms. The van der Waals surface area contributed by atoms with Crippen LogP contribution in [0.25, 0.3) is 11.4 Å². The van der Waals surface area contributed by atoms with Crippen LogP contribution in [0.2, 0.25) is 0 Å². The molecule has 3 fully saturated rings. The highest BCUT2D eigenvalue weighted by Gasteiger charge is 2.41. The van der Waals surface area contributed by atoms with Crippen molar-refractivity contribution in [3.05, 3.63) is 23.9 Å². The molecule has 7 nitrogen and oxygen atoms in total. The number of nitrogens with one attached hydrogen (secondary N) is 1. The number of hydrogen-bond acceptors (Lipinski definition) is 6. The number of rotatable bonds is 6. The maximum Gasteiger partial charge on any atom is 0.148 e. The summed E-state index contributed by atoms with van der Waals surface area (Å²) in [5, 5.41) is 16.6. The summed E-state index contributed by atoms with van der Waals surface area (Å²) in [5.74, 6) is 4.13. The molecule has 0 spiro atoms. The lowest BCUT2D eigenvalue weighted by Crippen LogP contribution is -2.33. The van der Waals surface area contributed by atoms with Crippen molar-refractivity contribution < 1.29 is 4.74 Å². The number of likely N-dealkylation sites (tertiary alicyclic amines) is 1. The summed E-state index contributed by atoms with van der Waals surface area (Å²) in [6, 6.07) is 4.08. The topological polar surface area (TPSA) is 68.1 Å². The summed E-state index contributed by atoms with van der Waals surface area (Å²) in [6.07, 6.45) is 7.14. The van der Waals surface area contributed by atoms with Crippen LogP contribution in [0, 0.1) is 30.6 Å². The fourth-order valence-corrected chi connectivity index (χ4v) is 5.87. The molecule has 7 heteroatoms. The van der Waals surface area contributed by atoms with Crippen LogP contribution in [0.1, 0.15) is 31.2 Å². The van der Waals surface area contributed by atoms with Crippen molar-refractivity contribution in [1.82, 2.24) is 24.9 Å². The van der Waals surface area contributed by atoms with Crippen molar-refractivity contribution in [2.45, 2.75) is 32.6 Å². The Kier molecular flexibility index (Phi) is 5.74. The summed E-state index contributed by atoms with van der Waals surface area (Å²) in [5.41, 5.74) is 3.02. The molecule has 1 N–H and O–H groups in total. The smallest absolute Gasteiger partial charge is 0.148 e. The number of anilines is 1. The van der Waals surface area contributed by atoms with Gasteiger partial charge in [-0.05, 0) is 74.0 Å². The summed E-state index contributed by atoms with van der Waals surface area (Å²) in [7, 11) is 1.94. The van der Waals surface area contributed by atoms with Gasteiger partial charge in [0.15, 0.2) is 0 Å². The molecule has 4 heterocycles. The lowest BCUT2D eigenvalue weighted by Gasteiger charge is -2.27. The Morgan fingerprint density at radius 3 is 2.60 bits per heavy atom. The van der Waals surface area contributed by atoms with E-state index in [9.17, 15) is 0 Å². The first-order chi connectivity index (χ1) is 14.7. The van der Waals surface area contributed by atoms with Gasteiger partial charge in [0.1, 0.15) is 11.5 Å². The molecule has 5 rings (SSSR count). The van der Waals surface area contributed by atoms with Crippen LogP contribution in [0.3, 0.4) is 0 Å². The molecule has 2 aliphatic heterocycles. The Labute approximate surface area is 179 Å².